The number of anilines is 1. The number of aromatic nitrogens is 2. The molecule has 0 saturated heterocycles. The topological polar surface area (TPSA) is 82.7 Å². The summed E-state index contributed by atoms with van der Waals surface area (Å²) in [5.74, 6) is -0.604. The summed E-state index contributed by atoms with van der Waals surface area (Å²) in [7, 11) is 0. The standard InChI is InChI=1S/C18H22FN5O/c1-4-24-11-14(17(23-24)12(2)3)18(25)22-9-8-21-16-7-5-6-15(19)13(16)10-20/h5-7,11-12,21H,4,8-9H2,1-3H3,(H,22,25). The van der Waals surface area contributed by atoms with Gasteiger partial charge in [-0.2, -0.15) is 10.4 Å². The highest BCUT2D eigenvalue weighted by Crippen LogP contribution is 2.18. The second kappa shape index (κ2) is 8.29. The minimum atomic E-state index is -0.565. The molecule has 0 radical (unpaired) electrons. The number of carbonyl (C=O) groups is 1. The van der Waals surface area contributed by atoms with Crippen LogP contribution in [0.5, 0.6) is 0 Å². The lowest BCUT2D eigenvalue weighted by Gasteiger charge is -2.10. The van der Waals surface area contributed by atoms with E-state index in [9.17, 15) is 9.18 Å². The van der Waals surface area contributed by atoms with Gasteiger partial charge in [-0.05, 0) is 25.0 Å². The third kappa shape index (κ3) is 4.35. The molecule has 6 nitrogen and oxygen atoms in total. The molecule has 0 bridgehead atoms. The van der Waals surface area contributed by atoms with Crippen molar-refractivity contribution in [3.63, 3.8) is 0 Å². The second-order valence-electron chi connectivity index (χ2n) is 5.90. The first-order chi connectivity index (χ1) is 12.0. The van der Waals surface area contributed by atoms with E-state index >= 15 is 0 Å². The molecule has 1 heterocycles. The fraction of sp³-hybridized carbons (Fsp3) is 0.389. The van der Waals surface area contributed by atoms with E-state index in [-0.39, 0.29) is 17.4 Å². The largest absolute Gasteiger partial charge is 0.382 e. The third-order valence-electron chi connectivity index (χ3n) is 3.76. The fourth-order valence-electron chi connectivity index (χ4n) is 2.45. The van der Waals surface area contributed by atoms with Crippen LogP contribution in [0.3, 0.4) is 0 Å². The molecule has 2 rings (SSSR count). The van der Waals surface area contributed by atoms with E-state index in [1.807, 2.05) is 26.8 Å². The van der Waals surface area contributed by atoms with Crippen molar-refractivity contribution < 1.29 is 9.18 Å². The van der Waals surface area contributed by atoms with Crippen molar-refractivity contribution in [1.29, 1.82) is 5.26 Å². The Balaban J connectivity index is 1.95. The number of halogens is 1. The van der Waals surface area contributed by atoms with Crippen LogP contribution in [0.2, 0.25) is 0 Å². The molecule has 0 atom stereocenters. The van der Waals surface area contributed by atoms with Gasteiger partial charge in [-0.15, -0.1) is 0 Å². The van der Waals surface area contributed by atoms with E-state index < -0.39 is 5.82 Å². The maximum atomic E-state index is 13.5. The molecule has 0 aliphatic carbocycles. The number of amides is 1. The van der Waals surface area contributed by atoms with E-state index in [2.05, 4.69) is 15.7 Å². The molecule has 132 valence electrons. The van der Waals surface area contributed by atoms with Crippen molar-refractivity contribution in [2.75, 3.05) is 18.4 Å². The maximum absolute atomic E-state index is 13.5. The lowest BCUT2D eigenvalue weighted by atomic mass is 10.1. The van der Waals surface area contributed by atoms with E-state index in [4.69, 9.17) is 5.26 Å². The quantitative estimate of drug-likeness (QED) is 0.757. The Morgan fingerprint density at radius 2 is 2.16 bits per heavy atom. The predicted octanol–water partition coefficient (Wildman–Crippen LogP) is 2.88. The van der Waals surface area contributed by atoms with Crippen LogP contribution in [0.4, 0.5) is 10.1 Å². The number of carbonyl (C=O) groups excluding carboxylic acids is 1. The number of rotatable bonds is 7. The van der Waals surface area contributed by atoms with Gasteiger partial charge in [0.25, 0.3) is 5.91 Å². The van der Waals surface area contributed by atoms with E-state index in [1.165, 1.54) is 12.1 Å². The first kappa shape index (κ1) is 18.5. The Labute approximate surface area is 146 Å². The monoisotopic (exact) mass is 343 g/mol. The molecule has 0 spiro atoms. The average molecular weight is 343 g/mol. The van der Waals surface area contributed by atoms with Gasteiger partial charge in [0.1, 0.15) is 17.4 Å². The Morgan fingerprint density at radius 1 is 1.40 bits per heavy atom. The van der Waals surface area contributed by atoms with Gasteiger partial charge in [0.2, 0.25) is 0 Å². The summed E-state index contributed by atoms with van der Waals surface area (Å²) in [6, 6.07) is 6.24. The maximum Gasteiger partial charge on any atom is 0.254 e. The first-order valence-corrected chi connectivity index (χ1v) is 8.26. The van der Waals surface area contributed by atoms with E-state index in [0.717, 1.165) is 5.69 Å². The molecule has 0 unspecified atom stereocenters. The molecule has 2 N–H and O–H groups in total. The van der Waals surface area contributed by atoms with Crippen molar-refractivity contribution in [2.45, 2.75) is 33.2 Å². The van der Waals surface area contributed by atoms with Crippen LogP contribution in [0, 0.1) is 17.1 Å². The number of nitriles is 1. The van der Waals surface area contributed by atoms with Crippen LogP contribution < -0.4 is 10.6 Å². The molecule has 7 heteroatoms. The zero-order valence-corrected chi connectivity index (χ0v) is 14.6. The summed E-state index contributed by atoms with van der Waals surface area (Å²) in [6.07, 6.45) is 1.75. The van der Waals surface area contributed by atoms with E-state index in [0.29, 0.717) is 30.9 Å². The van der Waals surface area contributed by atoms with Crippen molar-refractivity contribution >= 4 is 11.6 Å². The van der Waals surface area contributed by atoms with Crippen molar-refractivity contribution in [3.8, 4) is 6.07 Å². The van der Waals surface area contributed by atoms with Gasteiger partial charge in [-0.25, -0.2) is 4.39 Å². The number of benzene rings is 1. The van der Waals surface area contributed by atoms with Crippen LogP contribution >= 0.6 is 0 Å². The van der Waals surface area contributed by atoms with Crippen LogP contribution in [-0.4, -0.2) is 28.8 Å². The number of nitrogens with one attached hydrogen (secondary N) is 2. The van der Waals surface area contributed by atoms with Gasteiger partial charge >= 0.3 is 0 Å². The molecule has 25 heavy (non-hydrogen) atoms. The SMILES string of the molecule is CCn1cc(C(=O)NCCNc2cccc(F)c2C#N)c(C(C)C)n1. The minimum absolute atomic E-state index is 0.0276. The third-order valence-corrected chi connectivity index (χ3v) is 3.76. The molecular formula is C18H22FN5O. The van der Waals surface area contributed by atoms with Crippen LogP contribution in [0.1, 0.15) is 48.3 Å². The Bertz CT molecular complexity index is 791. The van der Waals surface area contributed by atoms with Gasteiger partial charge in [-0.1, -0.05) is 19.9 Å². The molecule has 0 aliphatic rings. The lowest BCUT2D eigenvalue weighted by molar-refractivity contribution is 0.0954. The van der Waals surface area contributed by atoms with E-state index in [1.54, 1.807) is 16.9 Å². The molecule has 0 fully saturated rings. The summed E-state index contributed by atoms with van der Waals surface area (Å²) in [5, 5.41) is 19.2. The number of aryl methyl sites for hydroxylation is 1. The number of hydrogen-bond acceptors (Lipinski definition) is 4. The van der Waals surface area contributed by atoms with Gasteiger partial charge in [0.15, 0.2) is 0 Å². The highest BCUT2D eigenvalue weighted by molar-refractivity contribution is 5.95. The minimum Gasteiger partial charge on any atom is -0.382 e. The van der Waals surface area contributed by atoms with Gasteiger partial charge in [-0.3, -0.25) is 9.48 Å². The average Bonchev–Trinajstić information content (AvgIpc) is 3.03. The number of nitrogens with zero attached hydrogens (tertiary/aromatic N) is 3. The Hall–Kier alpha value is -2.88. The van der Waals surface area contributed by atoms with Crippen molar-refractivity contribution in [1.82, 2.24) is 15.1 Å². The lowest BCUT2D eigenvalue weighted by Crippen LogP contribution is -2.29. The predicted molar refractivity (Wildman–Crippen MR) is 93.9 cm³/mol. The highest BCUT2D eigenvalue weighted by atomic mass is 19.1. The molecular weight excluding hydrogens is 321 g/mol. The summed E-state index contributed by atoms with van der Waals surface area (Å²) in [5.41, 5.74) is 1.73. The van der Waals surface area contributed by atoms with Crippen molar-refractivity contribution in [3.05, 3.63) is 47.0 Å². The molecule has 1 aromatic carbocycles. The Morgan fingerprint density at radius 3 is 2.80 bits per heavy atom. The summed E-state index contributed by atoms with van der Waals surface area (Å²) in [4.78, 5) is 12.4. The summed E-state index contributed by atoms with van der Waals surface area (Å²) >= 11 is 0. The normalized spacial score (nSPS) is 10.6. The highest BCUT2D eigenvalue weighted by Gasteiger charge is 2.18. The Kier molecular flexibility index (Phi) is 6.12. The summed E-state index contributed by atoms with van der Waals surface area (Å²) < 4.78 is 15.3. The smallest absolute Gasteiger partial charge is 0.254 e. The summed E-state index contributed by atoms with van der Waals surface area (Å²) in [6.45, 7) is 7.37. The van der Waals surface area contributed by atoms with Gasteiger partial charge in [0, 0.05) is 25.8 Å². The van der Waals surface area contributed by atoms with Crippen LogP contribution in [0.25, 0.3) is 0 Å². The van der Waals surface area contributed by atoms with Gasteiger partial charge < -0.3 is 10.6 Å². The molecule has 1 aromatic heterocycles. The fourth-order valence-corrected chi connectivity index (χ4v) is 2.45. The molecule has 0 aliphatic heterocycles. The second-order valence-corrected chi connectivity index (χ2v) is 5.90. The van der Waals surface area contributed by atoms with Crippen molar-refractivity contribution in [2.24, 2.45) is 0 Å². The van der Waals surface area contributed by atoms with Crippen LogP contribution in [-0.2, 0) is 6.54 Å². The zero-order chi connectivity index (χ0) is 18.4. The molecule has 1 amide bonds. The number of hydrogen-bond donors (Lipinski definition) is 2. The van der Waals surface area contributed by atoms with Gasteiger partial charge in [0.05, 0.1) is 16.9 Å². The molecule has 2 aromatic rings. The first-order valence-electron chi connectivity index (χ1n) is 8.26. The molecule has 0 saturated carbocycles. The van der Waals surface area contributed by atoms with Crippen LogP contribution in [0.15, 0.2) is 24.4 Å². The zero-order valence-electron chi connectivity index (χ0n) is 14.6.